The van der Waals surface area contributed by atoms with Gasteiger partial charge in [-0.15, -0.1) is 11.8 Å². The second kappa shape index (κ2) is 6.83. The fourth-order valence-electron chi connectivity index (χ4n) is 2.37. The number of anilines is 2. The Balaban J connectivity index is 1.62. The highest BCUT2D eigenvalue weighted by Crippen LogP contribution is 2.29. The molecule has 4 nitrogen and oxygen atoms in total. The molecule has 2 aromatic rings. The molecule has 1 N–H and O–H groups in total. The molecule has 0 saturated heterocycles. The summed E-state index contributed by atoms with van der Waals surface area (Å²) in [5.74, 6) is 0.304. The predicted octanol–water partition coefficient (Wildman–Crippen LogP) is 3.04. The Bertz CT molecular complexity index is 734. The van der Waals surface area contributed by atoms with Crippen molar-refractivity contribution < 1.29 is 14.0 Å². The summed E-state index contributed by atoms with van der Waals surface area (Å²) >= 11 is 1.44. The summed E-state index contributed by atoms with van der Waals surface area (Å²) in [5, 5.41) is 2.76. The van der Waals surface area contributed by atoms with Gasteiger partial charge < -0.3 is 10.2 Å². The van der Waals surface area contributed by atoms with Gasteiger partial charge in [0, 0.05) is 5.75 Å². The first-order valence-corrected chi connectivity index (χ1v) is 8.30. The van der Waals surface area contributed by atoms with Crippen molar-refractivity contribution in [2.24, 2.45) is 0 Å². The minimum Gasteiger partial charge on any atom is -0.323 e. The molecule has 0 aliphatic carbocycles. The third-order valence-corrected chi connectivity index (χ3v) is 4.47. The lowest BCUT2D eigenvalue weighted by atomic mass is 10.2. The second-order valence-corrected chi connectivity index (χ2v) is 6.15. The molecule has 118 valence electrons. The van der Waals surface area contributed by atoms with E-state index in [1.165, 1.54) is 28.8 Å². The molecule has 0 radical (unpaired) electrons. The van der Waals surface area contributed by atoms with Crippen molar-refractivity contribution in [3.05, 3.63) is 59.9 Å². The highest BCUT2D eigenvalue weighted by atomic mass is 32.2. The van der Waals surface area contributed by atoms with Gasteiger partial charge in [-0.1, -0.05) is 24.3 Å². The van der Waals surface area contributed by atoms with E-state index in [0.29, 0.717) is 11.4 Å². The molecule has 23 heavy (non-hydrogen) atoms. The van der Waals surface area contributed by atoms with E-state index in [-0.39, 0.29) is 29.9 Å². The van der Waals surface area contributed by atoms with Crippen LogP contribution in [-0.2, 0) is 15.3 Å². The second-order valence-electron chi connectivity index (χ2n) is 5.16. The fraction of sp³-hybridized carbons (Fsp3) is 0.176. The van der Waals surface area contributed by atoms with E-state index in [2.05, 4.69) is 5.32 Å². The van der Waals surface area contributed by atoms with E-state index >= 15 is 0 Å². The van der Waals surface area contributed by atoms with Crippen LogP contribution >= 0.6 is 11.8 Å². The maximum Gasteiger partial charge on any atom is 0.244 e. The Hall–Kier alpha value is -2.34. The molecule has 1 heterocycles. The third kappa shape index (κ3) is 3.71. The smallest absolute Gasteiger partial charge is 0.244 e. The van der Waals surface area contributed by atoms with E-state index in [1.807, 2.05) is 18.2 Å². The Morgan fingerprint density at radius 3 is 2.70 bits per heavy atom. The van der Waals surface area contributed by atoms with Crippen LogP contribution in [0.2, 0.25) is 0 Å². The molecule has 0 aromatic heterocycles. The third-order valence-electron chi connectivity index (χ3n) is 3.48. The lowest BCUT2D eigenvalue weighted by molar-refractivity contribution is -0.120. The van der Waals surface area contributed by atoms with Crippen LogP contribution in [0.1, 0.15) is 5.56 Å². The number of halogens is 1. The van der Waals surface area contributed by atoms with Gasteiger partial charge in [0.25, 0.3) is 0 Å². The zero-order chi connectivity index (χ0) is 16.2. The van der Waals surface area contributed by atoms with E-state index in [4.69, 9.17) is 0 Å². The highest BCUT2D eigenvalue weighted by Gasteiger charge is 2.26. The van der Waals surface area contributed by atoms with E-state index in [0.717, 1.165) is 11.3 Å². The number of nitrogens with one attached hydrogen (secondary N) is 1. The predicted molar refractivity (Wildman–Crippen MR) is 90.0 cm³/mol. The molecule has 2 aromatic carbocycles. The summed E-state index contributed by atoms with van der Waals surface area (Å²) in [6.07, 6.45) is 0. The maximum absolute atomic E-state index is 12.9. The molecule has 0 spiro atoms. The van der Waals surface area contributed by atoms with Gasteiger partial charge in [0.1, 0.15) is 12.4 Å². The van der Waals surface area contributed by atoms with Crippen molar-refractivity contribution in [3.63, 3.8) is 0 Å². The number of carbonyl (C=O) groups is 2. The Morgan fingerprint density at radius 1 is 1.17 bits per heavy atom. The van der Waals surface area contributed by atoms with Crippen molar-refractivity contribution in [1.82, 2.24) is 0 Å². The van der Waals surface area contributed by atoms with Gasteiger partial charge in [-0.25, -0.2) is 4.39 Å². The van der Waals surface area contributed by atoms with Crippen LogP contribution in [0.5, 0.6) is 0 Å². The zero-order valence-corrected chi connectivity index (χ0v) is 13.1. The van der Waals surface area contributed by atoms with Crippen LogP contribution in [0.25, 0.3) is 0 Å². The van der Waals surface area contributed by atoms with E-state index < -0.39 is 0 Å². The van der Waals surface area contributed by atoms with Crippen LogP contribution in [0, 0.1) is 5.82 Å². The first-order valence-electron chi connectivity index (χ1n) is 7.15. The number of hydrogen-bond acceptors (Lipinski definition) is 3. The lowest BCUT2D eigenvalue weighted by Gasteiger charge is -2.29. The van der Waals surface area contributed by atoms with Gasteiger partial charge in [0.2, 0.25) is 11.8 Å². The van der Waals surface area contributed by atoms with Crippen molar-refractivity contribution in [1.29, 1.82) is 0 Å². The molecular formula is C17H15FN2O2S. The molecule has 1 aliphatic rings. The minimum atomic E-state index is -0.272. The van der Waals surface area contributed by atoms with Gasteiger partial charge in [-0.2, -0.15) is 0 Å². The summed E-state index contributed by atoms with van der Waals surface area (Å²) in [6, 6.07) is 13.5. The molecule has 0 fully saturated rings. The molecule has 0 atom stereocenters. The van der Waals surface area contributed by atoms with Crippen molar-refractivity contribution in [2.75, 3.05) is 22.5 Å². The number of hydrogen-bond donors (Lipinski definition) is 1. The maximum atomic E-state index is 12.9. The lowest BCUT2D eigenvalue weighted by Crippen LogP contribution is -2.43. The average Bonchev–Trinajstić information content (AvgIpc) is 2.55. The molecule has 3 rings (SSSR count). The molecule has 0 unspecified atom stereocenters. The quantitative estimate of drug-likeness (QED) is 0.937. The van der Waals surface area contributed by atoms with Crippen LogP contribution in [0.15, 0.2) is 48.5 Å². The van der Waals surface area contributed by atoms with Gasteiger partial charge in [0.15, 0.2) is 0 Å². The fourth-order valence-corrected chi connectivity index (χ4v) is 3.23. The summed E-state index contributed by atoms with van der Waals surface area (Å²) in [4.78, 5) is 25.6. The minimum absolute atomic E-state index is 0.0347. The molecule has 2 amide bonds. The Morgan fingerprint density at radius 2 is 1.91 bits per heavy atom. The topological polar surface area (TPSA) is 49.4 Å². The van der Waals surface area contributed by atoms with Gasteiger partial charge in [-0.05, 0) is 29.8 Å². The van der Waals surface area contributed by atoms with Crippen LogP contribution < -0.4 is 10.2 Å². The zero-order valence-electron chi connectivity index (χ0n) is 12.3. The Kier molecular flexibility index (Phi) is 4.62. The number of thioether (sulfide) groups is 1. The Labute approximate surface area is 137 Å². The van der Waals surface area contributed by atoms with Crippen molar-refractivity contribution >= 4 is 35.0 Å². The summed E-state index contributed by atoms with van der Waals surface area (Å²) in [7, 11) is 0. The van der Waals surface area contributed by atoms with Crippen LogP contribution in [-0.4, -0.2) is 24.1 Å². The van der Waals surface area contributed by atoms with Crippen LogP contribution in [0.4, 0.5) is 15.8 Å². The number of benzene rings is 2. The first kappa shape index (κ1) is 15.6. The summed E-state index contributed by atoms with van der Waals surface area (Å²) in [6.45, 7) is 0.0347. The summed E-state index contributed by atoms with van der Waals surface area (Å²) < 4.78 is 12.9. The van der Waals surface area contributed by atoms with Crippen molar-refractivity contribution in [3.8, 4) is 0 Å². The SMILES string of the molecule is O=C1CN(C(=O)CSCc2ccc(F)cc2)c2ccccc2N1. The summed E-state index contributed by atoms with van der Waals surface area (Å²) in [5.41, 5.74) is 2.33. The van der Waals surface area contributed by atoms with E-state index in [9.17, 15) is 14.0 Å². The van der Waals surface area contributed by atoms with Gasteiger partial charge >= 0.3 is 0 Å². The number of rotatable bonds is 4. The number of amides is 2. The highest BCUT2D eigenvalue weighted by molar-refractivity contribution is 7.99. The standard InChI is InChI=1S/C17H15FN2O2S/c18-13-7-5-12(6-8-13)10-23-11-17(22)20-9-16(21)19-14-3-1-2-4-15(14)20/h1-8H,9-11H2,(H,19,21). The van der Waals surface area contributed by atoms with Gasteiger partial charge in [0.05, 0.1) is 17.1 Å². The number of fused-ring (bicyclic) bond motifs is 1. The molecule has 0 bridgehead atoms. The molecular weight excluding hydrogens is 315 g/mol. The van der Waals surface area contributed by atoms with Crippen molar-refractivity contribution in [2.45, 2.75) is 5.75 Å². The van der Waals surface area contributed by atoms with Gasteiger partial charge in [-0.3, -0.25) is 9.59 Å². The molecule has 0 saturated carbocycles. The van der Waals surface area contributed by atoms with E-state index in [1.54, 1.807) is 18.2 Å². The molecule has 6 heteroatoms. The number of para-hydroxylation sites is 2. The normalized spacial score (nSPS) is 13.4. The monoisotopic (exact) mass is 330 g/mol. The average molecular weight is 330 g/mol. The molecule has 1 aliphatic heterocycles. The largest absolute Gasteiger partial charge is 0.323 e. The number of carbonyl (C=O) groups excluding carboxylic acids is 2. The first-order chi connectivity index (χ1) is 11.1. The number of nitrogens with zero attached hydrogens (tertiary/aromatic N) is 1. The van der Waals surface area contributed by atoms with Crippen LogP contribution in [0.3, 0.4) is 0 Å².